The van der Waals surface area contributed by atoms with Gasteiger partial charge in [0.2, 0.25) is 0 Å². The van der Waals surface area contributed by atoms with Crippen molar-refractivity contribution in [3.63, 3.8) is 0 Å². The Morgan fingerprint density at radius 2 is 1.16 bits per heavy atom. The van der Waals surface area contributed by atoms with Crippen LogP contribution in [0.5, 0.6) is 0 Å². The number of phosphoric ester groups is 1. The maximum absolute atomic E-state index is 10.8. The van der Waals surface area contributed by atoms with Crippen LogP contribution in [0.1, 0.15) is 20.8 Å². The summed E-state index contributed by atoms with van der Waals surface area (Å²) < 4.78 is 28.0. The molecule has 0 fully saturated rings. The van der Waals surface area contributed by atoms with Crippen molar-refractivity contribution in [1.29, 1.82) is 0 Å². The van der Waals surface area contributed by atoms with Crippen molar-refractivity contribution in [1.82, 2.24) is 0 Å². The van der Waals surface area contributed by atoms with Gasteiger partial charge in [0, 0.05) is 20.8 Å². The molecular formula is C8H13O10P. The van der Waals surface area contributed by atoms with E-state index in [9.17, 15) is 18.9 Å². The largest absolute Gasteiger partial charge is 0.473 e. The number of phosphoric acid groups is 1. The molecule has 1 atom stereocenters. The number of carbonyl (C=O) groups is 3. The van der Waals surface area contributed by atoms with E-state index in [0.29, 0.717) is 0 Å². The number of rotatable bonds is 6. The number of hydrogen-bond acceptors (Lipinski definition) is 8. The Bertz CT molecular complexity index is 382. The summed E-state index contributed by atoms with van der Waals surface area (Å²) in [5.74, 6) is -2.89. The fourth-order valence-electron chi connectivity index (χ4n) is 0.888. The molecule has 0 aromatic carbocycles. The lowest BCUT2D eigenvalue weighted by molar-refractivity contribution is -0.245. The lowest BCUT2D eigenvalue weighted by Gasteiger charge is -2.25. The molecule has 0 rings (SSSR count). The maximum Gasteiger partial charge on any atom is 0.473 e. The third-order valence-electron chi connectivity index (χ3n) is 1.31. The second kappa shape index (κ2) is 7.19. The molecule has 2 N–H and O–H groups in total. The molecular weight excluding hydrogens is 287 g/mol. The monoisotopic (exact) mass is 300 g/mol. The van der Waals surface area contributed by atoms with Crippen LogP contribution in [-0.2, 0) is 37.7 Å². The van der Waals surface area contributed by atoms with Crippen molar-refractivity contribution in [2.45, 2.75) is 33.4 Å². The molecule has 0 aromatic heterocycles. The summed E-state index contributed by atoms with van der Waals surface area (Å²) >= 11 is 0. The van der Waals surface area contributed by atoms with E-state index in [1.165, 1.54) is 0 Å². The van der Waals surface area contributed by atoms with E-state index in [1.54, 1.807) is 0 Å². The fraction of sp³-hybridized carbons (Fsp3) is 0.625. The Labute approximate surface area is 107 Å². The number of esters is 3. The molecule has 0 aromatic rings. The zero-order valence-corrected chi connectivity index (χ0v) is 11.2. The lowest BCUT2D eigenvalue weighted by Crippen LogP contribution is -2.39. The first kappa shape index (κ1) is 17.5. The highest BCUT2D eigenvalue weighted by Gasteiger charge is 2.36. The molecule has 0 radical (unpaired) electrons. The van der Waals surface area contributed by atoms with Crippen LogP contribution in [0.25, 0.3) is 0 Å². The number of ether oxygens (including phenoxy) is 3. The molecule has 1 unspecified atom stereocenters. The summed E-state index contributed by atoms with van der Waals surface area (Å²) in [5, 5.41) is 0. The highest BCUT2D eigenvalue weighted by Crippen LogP contribution is 2.39. The molecule has 0 aliphatic rings. The smallest absolute Gasteiger partial charge is 0.427 e. The van der Waals surface area contributed by atoms with Crippen molar-refractivity contribution in [3.8, 4) is 0 Å². The molecule has 0 amide bonds. The van der Waals surface area contributed by atoms with E-state index in [0.717, 1.165) is 20.8 Å². The summed E-state index contributed by atoms with van der Waals surface area (Å²) in [6.07, 6.45) is -4.03. The molecule has 0 saturated carbocycles. The average molecular weight is 300 g/mol. The highest BCUT2D eigenvalue weighted by atomic mass is 31.2. The van der Waals surface area contributed by atoms with E-state index < -0.39 is 38.3 Å². The fourth-order valence-corrected chi connectivity index (χ4v) is 1.30. The molecule has 0 bridgehead atoms. The van der Waals surface area contributed by atoms with Crippen LogP contribution in [-0.4, -0.2) is 40.3 Å². The normalized spacial score (nSPS) is 12.7. The van der Waals surface area contributed by atoms with Crippen molar-refractivity contribution in [2.24, 2.45) is 0 Å². The minimum atomic E-state index is -5.08. The summed E-state index contributed by atoms with van der Waals surface area (Å²) in [5.41, 5.74) is 0. The van der Waals surface area contributed by atoms with Gasteiger partial charge in [-0.25, -0.2) is 9.09 Å². The van der Waals surface area contributed by atoms with Gasteiger partial charge in [-0.05, 0) is 0 Å². The quantitative estimate of drug-likeness (QED) is 0.371. The van der Waals surface area contributed by atoms with Crippen LogP contribution in [0.15, 0.2) is 0 Å². The second-order valence-electron chi connectivity index (χ2n) is 3.16. The summed E-state index contributed by atoms with van der Waals surface area (Å²) in [6.45, 7) is 2.80. The van der Waals surface area contributed by atoms with E-state index >= 15 is 0 Å². The lowest BCUT2D eigenvalue weighted by atomic mass is 10.5. The van der Waals surface area contributed by atoms with Gasteiger partial charge < -0.3 is 24.0 Å². The van der Waals surface area contributed by atoms with E-state index in [1.807, 2.05) is 0 Å². The Kier molecular flexibility index (Phi) is 6.63. The Morgan fingerprint density at radius 3 is 1.42 bits per heavy atom. The molecule has 0 spiro atoms. The van der Waals surface area contributed by atoms with E-state index in [-0.39, 0.29) is 0 Å². The van der Waals surface area contributed by atoms with Crippen molar-refractivity contribution in [2.75, 3.05) is 0 Å². The SMILES string of the molecule is CC(=O)OC(OC(C)=O)C(OC(C)=O)OP(=O)(O)O. The molecule has 11 heteroatoms. The highest BCUT2D eigenvalue weighted by molar-refractivity contribution is 7.46. The standard InChI is InChI=1S/C8H13O10P/c1-4(9)15-7(16-5(2)10)8(17-6(3)11)18-19(12,13)14/h7-8H,1-3H3,(H2,12,13,14). The minimum absolute atomic E-state index is 0.911. The first-order valence-corrected chi connectivity index (χ1v) is 6.30. The Hall–Kier alpha value is -1.48. The van der Waals surface area contributed by atoms with Crippen LogP contribution < -0.4 is 0 Å². The van der Waals surface area contributed by atoms with Crippen LogP contribution in [0.4, 0.5) is 0 Å². The molecule has 0 aliphatic carbocycles. The predicted octanol–water partition coefficient (Wildman–Crippen LogP) is -0.563. The van der Waals surface area contributed by atoms with Gasteiger partial charge in [0.05, 0.1) is 0 Å². The summed E-state index contributed by atoms with van der Waals surface area (Å²) in [7, 11) is -5.08. The second-order valence-corrected chi connectivity index (χ2v) is 4.35. The average Bonchev–Trinajstić information content (AvgIpc) is 2.10. The molecule has 0 saturated heterocycles. The van der Waals surface area contributed by atoms with Gasteiger partial charge in [0.1, 0.15) is 0 Å². The molecule has 0 aliphatic heterocycles. The van der Waals surface area contributed by atoms with Gasteiger partial charge in [-0.1, -0.05) is 0 Å². The Morgan fingerprint density at radius 1 is 0.842 bits per heavy atom. The van der Waals surface area contributed by atoms with Crippen molar-refractivity contribution < 1.29 is 47.5 Å². The topological polar surface area (TPSA) is 146 Å². The van der Waals surface area contributed by atoms with Gasteiger partial charge in [-0.2, -0.15) is 0 Å². The summed E-state index contributed by atoms with van der Waals surface area (Å²) in [4.78, 5) is 49.6. The molecule has 110 valence electrons. The van der Waals surface area contributed by atoms with Crippen molar-refractivity contribution >= 4 is 25.7 Å². The number of carbonyl (C=O) groups excluding carboxylic acids is 3. The van der Waals surface area contributed by atoms with Crippen LogP contribution >= 0.6 is 7.82 Å². The van der Waals surface area contributed by atoms with Gasteiger partial charge in [0.25, 0.3) is 6.29 Å². The molecule has 0 heterocycles. The third kappa shape index (κ3) is 9.14. The van der Waals surface area contributed by atoms with Crippen LogP contribution in [0, 0.1) is 0 Å². The van der Waals surface area contributed by atoms with E-state index in [2.05, 4.69) is 18.7 Å². The molecule has 19 heavy (non-hydrogen) atoms. The summed E-state index contributed by atoms with van der Waals surface area (Å²) in [6, 6.07) is 0. The third-order valence-corrected chi connectivity index (χ3v) is 1.79. The first-order chi connectivity index (χ1) is 8.51. The first-order valence-electron chi connectivity index (χ1n) is 4.77. The van der Waals surface area contributed by atoms with Crippen LogP contribution in [0.2, 0.25) is 0 Å². The van der Waals surface area contributed by atoms with Gasteiger partial charge in [-0.15, -0.1) is 0 Å². The van der Waals surface area contributed by atoms with Gasteiger partial charge in [0.15, 0.2) is 0 Å². The molecule has 10 nitrogen and oxygen atoms in total. The van der Waals surface area contributed by atoms with Gasteiger partial charge in [-0.3, -0.25) is 14.4 Å². The zero-order valence-electron chi connectivity index (χ0n) is 10.3. The zero-order chi connectivity index (χ0) is 15.2. The van der Waals surface area contributed by atoms with Crippen molar-refractivity contribution in [3.05, 3.63) is 0 Å². The number of hydrogen-bond donors (Lipinski definition) is 2. The van der Waals surface area contributed by atoms with Gasteiger partial charge >= 0.3 is 32.0 Å². The predicted molar refractivity (Wildman–Crippen MR) is 56.0 cm³/mol. The van der Waals surface area contributed by atoms with Crippen LogP contribution in [0.3, 0.4) is 0 Å². The Balaban J connectivity index is 5.08. The minimum Gasteiger partial charge on any atom is -0.427 e. The maximum atomic E-state index is 10.8. The van der Waals surface area contributed by atoms with E-state index in [4.69, 9.17) is 9.79 Å².